The average Bonchev–Trinajstić information content (AvgIpc) is 2.37. The Hall–Kier alpha value is -1.70. The maximum absolute atomic E-state index is 13.5. The fourth-order valence-corrected chi connectivity index (χ4v) is 1.79. The summed E-state index contributed by atoms with van der Waals surface area (Å²) in [7, 11) is 2.79. The first kappa shape index (κ1) is 15.4. The lowest BCUT2D eigenvalue weighted by atomic mass is 10.2. The molecular weight excluding hydrogens is 323 g/mol. The van der Waals surface area contributed by atoms with Gasteiger partial charge in [0.15, 0.2) is 0 Å². The molecule has 0 bridgehead atoms. The molecule has 0 unspecified atom stereocenters. The quantitative estimate of drug-likeness (QED) is 0.470. The van der Waals surface area contributed by atoms with Crippen LogP contribution in [0, 0.1) is 15.9 Å². The zero-order valence-electron chi connectivity index (χ0n) is 10.4. The minimum atomic E-state index is -0.606. The lowest BCUT2D eigenvalue weighted by Gasteiger charge is -2.18. The van der Waals surface area contributed by atoms with Crippen LogP contribution in [0.25, 0.3) is 0 Å². The molecule has 104 valence electrons. The highest BCUT2D eigenvalue weighted by atomic mass is 79.9. The van der Waals surface area contributed by atoms with Crippen molar-refractivity contribution in [3.8, 4) is 0 Å². The molecule has 0 saturated carbocycles. The summed E-state index contributed by atoms with van der Waals surface area (Å²) in [5.41, 5.74) is -0.129. The number of carbonyl (C=O) groups is 1. The molecule has 8 heteroatoms. The third-order valence-electron chi connectivity index (χ3n) is 2.50. The topological polar surface area (TPSA) is 72.7 Å². The summed E-state index contributed by atoms with van der Waals surface area (Å²) in [6.45, 7) is 0.189. The molecule has 0 aromatic heterocycles. The maximum Gasteiger partial charge on any atom is 0.307 e. The van der Waals surface area contributed by atoms with Crippen molar-refractivity contribution in [3.05, 3.63) is 32.5 Å². The number of nitro groups is 1. The van der Waals surface area contributed by atoms with Gasteiger partial charge >= 0.3 is 5.97 Å². The molecule has 0 spiro atoms. The fourth-order valence-electron chi connectivity index (χ4n) is 1.46. The van der Waals surface area contributed by atoms with E-state index in [1.165, 1.54) is 12.0 Å². The Morgan fingerprint density at radius 3 is 2.74 bits per heavy atom. The maximum atomic E-state index is 13.5. The molecule has 19 heavy (non-hydrogen) atoms. The van der Waals surface area contributed by atoms with Crippen LogP contribution in [0.15, 0.2) is 16.6 Å². The van der Waals surface area contributed by atoms with E-state index < -0.39 is 16.7 Å². The molecule has 1 aromatic carbocycles. The smallest absolute Gasteiger partial charge is 0.307 e. The minimum Gasteiger partial charge on any atom is -0.469 e. The second-order valence-electron chi connectivity index (χ2n) is 3.76. The van der Waals surface area contributed by atoms with Gasteiger partial charge in [-0.25, -0.2) is 4.39 Å². The van der Waals surface area contributed by atoms with Crippen molar-refractivity contribution < 1.29 is 18.8 Å². The largest absolute Gasteiger partial charge is 0.469 e. The summed E-state index contributed by atoms with van der Waals surface area (Å²) in [6, 6.07) is 2.15. The lowest BCUT2D eigenvalue weighted by Crippen LogP contribution is -2.22. The Morgan fingerprint density at radius 1 is 1.58 bits per heavy atom. The summed E-state index contributed by atoms with van der Waals surface area (Å²) in [5, 5.41) is 10.9. The Labute approximate surface area is 117 Å². The monoisotopic (exact) mass is 334 g/mol. The van der Waals surface area contributed by atoms with E-state index in [1.54, 1.807) is 7.05 Å². The van der Waals surface area contributed by atoms with Gasteiger partial charge in [-0.3, -0.25) is 14.9 Å². The van der Waals surface area contributed by atoms with Crippen molar-refractivity contribution in [2.24, 2.45) is 0 Å². The van der Waals surface area contributed by atoms with Crippen molar-refractivity contribution in [1.29, 1.82) is 0 Å². The van der Waals surface area contributed by atoms with Gasteiger partial charge < -0.3 is 9.64 Å². The van der Waals surface area contributed by atoms with Gasteiger partial charge in [-0.1, -0.05) is 0 Å². The molecule has 0 aliphatic heterocycles. The SMILES string of the molecule is COC(=O)CCN(C)c1cc(F)c(Br)cc1[N+](=O)[O-]. The van der Waals surface area contributed by atoms with E-state index in [0.29, 0.717) is 0 Å². The van der Waals surface area contributed by atoms with Gasteiger partial charge in [-0.2, -0.15) is 0 Å². The molecule has 6 nitrogen and oxygen atoms in total. The van der Waals surface area contributed by atoms with Gasteiger partial charge in [0.25, 0.3) is 5.69 Å². The number of carbonyl (C=O) groups excluding carboxylic acids is 1. The Morgan fingerprint density at radius 2 is 2.21 bits per heavy atom. The molecule has 1 aromatic rings. The Kier molecular flexibility index (Phi) is 5.22. The molecule has 1 rings (SSSR count). The van der Waals surface area contributed by atoms with Gasteiger partial charge in [-0.05, 0) is 15.9 Å². The van der Waals surface area contributed by atoms with E-state index in [-0.39, 0.29) is 28.8 Å². The van der Waals surface area contributed by atoms with E-state index in [4.69, 9.17) is 0 Å². The second kappa shape index (κ2) is 6.46. The van der Waals surface area contributed by atoms with Crippen molar-refractivity contribution >= 4 is 33.3 Å². The van der Waals surface area contributed by atoms with E-state index >= 15 is 0 Å². The molecular formula is C11H12BrFN2O4. The summed E-state index contributed by atoms with van der Waals surface area (Å²) in [4.78, 5) is 22.8. The first-order chi connectivity index (χ1) is 8.86. The van der Waals surface area contributed by atoms with Crippen LogP contribution in [-0.4, -0.2) is 31.6 Å². The van der Waals surface area contributed by atoms with Crippen LogP contribution in [0.1, 0.15) is 6.42 Å². The summed E-state index contributed by atoms with van der Waals surface area (Å²) in [6.07, 6.45) is 0.0574. The number of rotatable bonds is 5. The van der Waals surface area contributed by atoms with E-state index in [0.717, 1.165) is 12.1 Å². The zero-order chi connectivity index (χ0) is 14.6. The standard InChI is InChI=1S/C11H12BrFN2O4/c1-14(4-3-11(16)19-2)9-6-8(13)7(12)5-10(9)15(17)18/h5-6H,3-4H2,1-2H3. The molecule has 0 aliphatic carbocycles. The number of ether oxygens (including phenoxy) is 1. The van der Waals surface area contributed by atoms with Crippen LogP contribution in [0.2, 0.25) is 0 Å². The molecule has 0 saturated heterocycles. The molecule has 0 aliphatic rings. The van der Waals surface area contributed by atoms with Crippen molar-refractivity contribution in [3.63, 3.8) is 0 Å². The lowest BCUT2D eigenvalue weighted by molar-refractivity contribution is -0.384. The second-order valence-corrected chi connectivity index (χ2v) is 4.61. The third kappa shape index (κ3) is 3.88. The van der Waals surface area contributed by atoms with Crippen LogP contribution in [0.3, 0.4) is 0 Å². The minimum absolute atomic E-state index is 0.0179. The number of hydrogen-bond donors (Lipinski definition) is 0. The Balaban J connectivity index is 3.01. The normalized spacial score (nSPS) is 10.1. The number of hydrogen-bond acceptors (Lipinski definition) is 5. The van der Waals surface area contributed by atoms with Gasteiger partial charge in [0, 0.05) is 25.7 Å². The van der Waals surface area contributed by atoms with E-state index in [2.05, 4.69) is 20.7 Å². The molecule has 0 atom stereocenters. The average molecular weight is 335 g/mol. The van der Waals surface area contributed by atoms with Crippen LogP contribution in [0.5, 0.6) is 0 Å². The first-order valence-corrected chi connectivity index (χ1v) is 6.07. The zero-order valence-corrected chi connectivity index (χ0v) is 11.9. The fraction of sp³-hybridized carbons (Fsp3) is 0.364. The molecule has 0 fully saturated rings. The predicted molar refractivity (Wildman–Crippen MR) is 70.7 cm³/mol. The van der Waals surface area contributed by atoms with Crippen molar-refractivity contribution in [2.75, 3.05) is 25.6 Å². The summed E-state index contributed by atoms with van der Waals surface area (Å²) < 4.78 is 18.0. The summed E-state index contributed by atoms with van der Waals surface area (Å²) >= 11 is 2.90. The van der Waals surface area contributed by atoms with Gasteiger partial charge in [0.05, 0.1) is 22.9 Å². The molecule has 0 heterocycles. The number of methoxy groups -OCH3 is 1. The predicted octanol–water partition coefficient (Wildman–Crippen LogP) is 2.50. The van der Waals surface area contributed by atoms with Crippen LogP contribution in [-0.2, 0) is 9.53 Å². The number of halogens is 2. The summed E-state index contributed by atoms with van der Waals surface area (Å²) in [5.74, 6) is -1.04. The molecule has 0 radical (unpaired) electrons. The first-order valence-electron chi connectivity index (χ1n) is 5.28. The molecule has 0 amide bonds. The van der Waals surface area contributed by atoms with Crippen molar-refractivity contribution in [1.82, 2.24) is 0 Å². The molecule has 0 N–H and O–H groups in total. The van der Waals surface area contributed by atoms with Gasteiger partial charge in [0.1, 0.15) is 11.5 Å². The third-order valence-corrected chi connectivity index (χ3v) is 3.11. The number of anilines is 1. The highest BCUT2D eigenvalue weighted by molar-refractivity contribution is 9.10. The number of nitro benzene ring substituents is 1. The van der Waals surface area contributed by atoms with Gasteiger partial charge in [0.2, 0.25) is 0 Å². The Bertz CT molecular complexity index is 510. The van der Waals surface area contributed by atoms with Crippen LogP contribution >= 0.6 is 15.9 Å². The van der Waals surface area contributed by atoms with E-state index in [1.807, 2.05) is 0 Å². The van der Waals surface area contributed by atoms with Crippen LogP contribution in [0.4, 0.5) is 15.8 Å². The van der Waals surface area contributed by atoms with E-state index in [9.17, 15) is 19.3 Å². The highest BCUT2D eigenvalue weighted by Crippen LogP contribution is 2.32. The van der Waals surface area contributed by atoms with Gasteiger partial charge in [-0.15, -0.1) is 0 Å². The number of esters is 1. The number of nitrogens with zero attached hydrogens (tertiary/aromatic N) is 2. The highest BCUT2D eigenvalue weighted by Gasteiger charge is 2.20. The van der Waals surface area contributed by atoms with Crippen LogP contribution < -0.4 is 4.90 Å². The number of benzene rings is 1. The van der Waals surface area contributed by atoms with Crippen molar-refractivity contribution in [2.45, 2.75) is 6.42 Å².